The highest BCUT2D eigenvalue weighted by Crippen LogP contribution is 2.52. The lowest BCUT2D eigenvalue weighted by Gasteiger charge is -2.42. The molecule has 0 aromatic carbocycles. The van der Waals surface area contributed by atoms with Crippen molar-refractivity contribution in [2.24, 2.45) is 11.8 Å². The predicted octanol–water partition coefficient (Wildman–Crippen LogP) is 1.40. The largest absolute Gasteiger partial charge is 0.392 e. The molecule has 3 aliphatic rings. The van der Waals surface area contributed by atoms with Crippen molar-refractivity contribution in [3.63, 3.8) is 0 Å². The molecular formula is C10H18NOPS. The van der Waals surface area contributed by atoms with Crippen LogP contribution in [0, 0.1) is 11.8 Å². The summed E-state index contributed by atoms with van der Waals surface area (Å²) in [5, 5.41) is 14.2. The van der Waals surface area contributed by atoms with Crippen molar-refractivity contribution in [2.75, 3.05) is 0 Å². The zero-order chi connectivity index (χ0) is 9.71. The van der Waals surface area contributed by atoms with Gasteiger partial charge in [0.05, 0.1) is 6.10 Å². The van der Waals surface area contributed by atoms with E-state index in [-0.39, 0.29) is 6.10 Å². The summed E-state index contributed by atoms with van der Waals surface area (Å²) in [6, 6.07) is 1.55. The van der Waals surface area contributed by atoms with Gasteiger partial charge >= 0.3 is 0 Å². The summed E-state index contributed by atoms with van der Waals surface area (Å²) in [4.78, 5) is 0. The third-order valence-corrected chi connectivity index (χ3v) is 5.99. The van der Waals surface area contributed by atoms with E-state index in [1.165, 1.54) is 25.7 Å². The molecule has 6 atom stereocenters. The Hall–Kier alpha value is 0.700. The number of aliphatic hydroxyl groups excluding tert-OH is 1. The van der Waals surface area contributed by atoms with Gasteiger partial charge in [0.1, 0.15) is 0 Å². The summed E-state index contributed by atoms with van der Waals surface area (Å²) in [6.07, 6.45) is 5.13. The van der Waals surface area contributed by atoms with E-state index >= 15 is 0 Å². The second-order valence-corrected chi connectivity index (χ2v) is 6.71. The quantitative estimate of drug-likeness (QED) is 0.720. The second kappa shape index (κ2) is 3.62. The third-order valence-electron chi connectivity index (χ3n) is 4.12. The summed E-state index contributed by atoms with van der Waals surface area (Å²) in [7, 11) is 2.70. The zero-order valence-electron chi connectivity index (χ0n) is 8.23. The van der Waals surface area contributed by atoms with E-state index in [1.807, 2.05) is 0 Å². The fraction of sp³-hybridized carbons (Fsp3) is 1.00. The Kier molecular flexibility index (Phi) is 2.56. The Morgan fingerprint density at radius 3 is 2.64 bits per heavy atom. The molecule has 14 heavy (non-hydrogen) atoms. The van der Waals surface area contributed by atoms with Crippen molar-refractivity contribution < 1.29 is 5.11 Å². The van der Waals surface area contributed by atoms with Gasteiger partial charge in [-0.1, -0.05) is 8.44 Å². The maximum atomic E-state index is 9.98. The number of hydrogen-bond acceptors (Lipinski definition) is 3. The summed E-state index contributed by atoms with van der Waals surface area (Å²) < 4.78 is 0. The Balaban J connectivity index is 1.58. The van der Waals surface area contributed by atoms with Crippen molar-refractivity contribution in [1.29, 1.82) is 0 Å². The van der Waals surface area contributed by atoms with Crippen molar-refractivity contribution in [3.8, 4) is 0 Å². The van der Waals surface area contributed by atoms with Crippen LogP contribution in [-0.4, -0.2) is 28.5 Å². The highest BCUT2D eigenvalue weighted by Gasteiger charge is 2.53. The maximum Gasteiger partial charge on any atom is 0.0693 e. The van der Waals surface area contributed by atoms with E-state index in [2.05, 4.69) is 13.8 Å². The minimum Gasteiger partial charge on any atom is -0.392 e. The normalized spacial score (nSPS) is 51.4. The van der Waals surface area contributed by atoms with Gasteiger partial charge in [0.2, 0.25) is 0 Å². The van der Waals surface area contributed by atoms with Crippen LogP contribution in [0.2, 0.25) is 0 Å². The summed E-state index contributed by atoms with van der Waals surface area (Å²) >= 11 is 1.76. The summed E-state index contributed by atoms with van der Waals surface area (Å²) in [5.41, 5.74) is 0. The lowest BCUT2D eigenvalue weighted by molar-refractivity contribution is 0.0384. The number of aliphatic hydroxyl groups is 1. The molecule has 2 N–H and O–H groups in total. The molecule has 1 unspecified atom stereocenters. The molecule has 0 aromatic heterocycles. The first-order valence-electron chi connectivity index (χ1n) is 5.59. The van der Waals surface area contributed by atoms with Gasteiger partial charge in [-0.3, -0.25) is 0 Å². The minimum absolute atomic E-state index is 0.0419. The van der Waals surface area contributed by atoms with Crippen LogP contribution in [0.1, 0.15) is 25.7 Å². The Labute approximate surface area is 91.6 Å². The van der Waals surface area contributed by atoms with E-state index in [1.54, 1.807) is 11.4 Å². The molecular weight excluding hydrogens is 213 g/mol. The number of rotatable bonds is 3. The molecule has 0 aromatic rings. The number of fused-ring (bicyclic) bond motifs is 1. The fourth-order valence-electron chi connectivity index (χ4n) is 3.04. The molecule has 0 saturated heterocycles. The van der Waals surface area contributed by atoms with Crippen LogP contribution >= 0.6 is 19.8 Å². The smallest absolute Gasteiger partial charge is 0.0693 e. The molecule has 0 amide bonds. The molecule has 0 radical (unpaired) electrons. The standard InChI is InChI=1S/C10H18NOPS/c12-10-7-3-8(11-5-1-2-5)6(7)4-9(10)14-13/h5-12H,1-4,13H2/t6-,7-,8+,9+,10+/m1/s1. The van der Waals surface area contributed by atoms with Crippen molar-refractivity contribution >= 4 is 19.8 Å². The van der Waals surface area contributed by atoms with Crippen LogP contribution in [0.3, 0.4) is 0 Å². The lowest BCUT2D eigenvalue weighted by Crippen LogP contribution is -2.51. The van der Waals surface area contributed by atoms with Crippen LogP contribution in [0.5, 0.6) is 0 Å². The summed E-state index contributed by atoms with van der Waals surface area (Å²) in [6.45, 7) is 0. The van der Waals surface area contributed by atoms with Crippen LogP contribution in [-0.2, 0) is 0 Å². The molecule has 3 fully saturated rings. The number of nitrogens with one attached hydrogen (secondary N) is 1. The van der Waals surface area contributed by atoms with E-state index in [0.717, 1.165) is 18.0 Å². The molecule has 3 aliphatic carbocycles. The monoisotopic (exact) mass is 231 g/mol. The molecule has 4 heteroatoms. The first kappa shape index (κ1) is 9.89. The van der Waals surface area contributed by atoms with Gasteiger partial charge < -0.3 is 10.4 Å². The molecule has 0 bridgehead atoms. The Morgan fingerprint density at radius 1 is 1.21 bits per heavy atom. The van der Waals surface area contributed by atoms with Crippen LogP contribution in [0.4, 0.5) is 0 Å². The summed E-state index contributed by atoms with van der Waals surface area (Å²) in [5.74, 6) is 1.37. The van der Waals surface area contributed by atoms with Gasteiger partial charge in [0, 0.05) is 17.3 Å². The SMILES string of the molecule is O[C@H]1[C@@H]2C[C@H](NC3CC3)[C@@H]2C[C@@H]1SP. The topological polar surface area (TPSA) is 32.3 Å². The highest BCUT2D eigenvalue weighted by molar-refractivity contribution is 8.44. The molecule has 0 spiro atoms. The number of hydrogen-bond donors (Lipinski definition) is 2. The minimum atomic E-state index is -0.0419. The average Bonchev–Trinajstić information content (AvgIpc) is 2.92. The Morgan fingerprint density at radius 2 is 2.00 bits per heavy atom. The molecule has 3 rings (SSSR count). The Bertz CT molecular complexity index is 236. The second-order valence-electron chi connectivity index (χ2n) is 5.01. The van der Waals surface area contributed by atoms with E-state index < -0.39 is 0 Å². The first-order valence-corrected chi connectivity index (χ1v) is 7.95. The maximum absolute atomic E-state index is 9.98. The molecule has 0 aliphatic heterocycles. The van der Waals surface area contributed by atoms with E-state index in [0.29, 0.717) is 11.2 Å². The van der Waals surface area contributed by atoms with Gasteiger partial charge in [-0.15, -0.1) is 11.4 Å². The van der Waals surface area contributed by atoms with Crippen LogP contribution in [0.15, 0.2) is 0 Å². The van der Waals surface area contributed by atoms with Gasteiger partial charge in [0.25, 0.3) is 0 Å². The predicted molar refractivity (Wildman–Crippen MR) is 63.3 cm³/mol. The molecule has 2 nitrogen and oxygen atoms in total. The fourth-order valence-corrected chi connectivity index (χ4v) is 4.55. The van der Waals surface area contributed by atoms with Gasteiger partial charge in [0.15, 0.2) is 0 Å². The van der Waals surface area contributed by atoms with Crippen LogP contribution in [0.25, 0.3) is 0 Å². The molecule has 80 valence electrons. The first-order chi connectivity index (χ1) is 6.79. The lowest BCUT2D eigenvalue weighted by atomic mass is 9.71. The van der Waals surface area contributed by atoms with E-state index in [9.17, 15) is 5.11 Å². The van der Waals surface area contributed by atoms with Crippen LogP contribution < -0.4 is 5.32 Å². The highest BCUT2D eigenvalue weighted by atomic mass is 32.7. The zero-order valence-corrected chi connectivity index (χ0v) is 10.2. The van der Waals surface area contributed by atoms with Crippen molar-refractivity contribution in [1.82, 2.24) is 5.32 Å². The van der Waals surface area contributed by atoms with Crippen molar-refractivity contribution in [3.05, 3.63) is 0 Å². The average molecular weight is 231 g/mol. The van der Waals surface area contributed by atoms with Crippen molar-refractivity contribution in [2.45, 2.75) is 49.1 Å². The van der Waals surface area contributed by atoms with Gasteiger partial charge in [-0.05, 0) is 37.5 Å². The van der Waals surface area contributed by atoms with E-state index in [4.69, 9.17) is 0 Å². The molecule has 0 heterocycles. The van der Waals surface area contributed by atoms with Gasteiger partial charge in [-0.25, -0.2) is 0 Å². The third kappa shape index (κ3) is 1.53. The molecule has 3 saturated carbocycles. The van der Waals surface area contributed by atoms with Gasteiger partial charge in [-0.2, -0.15) is 0 Å².